The van der Waals surface area contributed by atoms with E-state index in [0.717, 1.165) is 10.2 Å². The summed E-state index contributed by atoms with van der Waals surface area (Å²) < 4.78 is 14.8. The van der Waals surface area contributed by atoms with Crippen LogP contribution in [-0.2, 0) is 0 Å². The quantitative estimate of drug-likeness (QED) is 0.937. The molecule has 0 spiro atoms. The summed E-state index contributed by atoms with van der Waals surface area (Å²) in [4.78, 5) is 8.56. The van der Waals surface area contributed by atoms with Gasteiger partial charge in [0.25, 0.3) is 0 Å². The van der Waals surface area contributed by atoms with E-state index in [2.05, 4.69) is 31.2 Å². The minimum Gasteiger partial charge on any atom is -0.305 e. The molecule has 1 heterocycles. The van der Waals surface area contributed by atoms with Crippen LogP contribution in [0.25, 0.3) is 0 Å². The molecule has 1 atom stereocenters. The molecular weight excluding hydrogens is 309 g/mol. The van der Waals surface area contributed by atoms with Crippen LogP contribution >= 0.6 is 15.9 Å². The van der Waals surface area contributed by atoms with E-state index in [0.29, 0.717) is 17.8 Å². The first-order valence-corrected chi connectivity index (χ1v) is 6.88. The van der Waals surface area contributed by atoms with Crippen LogP contribution in [0.15, 0.2) is 35.1 Å². The topological polar surface area (TPSA) is 37.8 Å². The minimum absolute atomic E-state index is 0.253. The Labute approximate surface area is 120 Å². The van der Waals surface area contributed by atoms with Crippen LogP contribution in [0.2, 0.25) is 0 Å². The minimum atomic E-state index is -0.296. The molecule has 0 radical (unpaired) electrons. The molecule has 0 saturated heterocycles. The van der Waals surface area contributed by atoms with E-state index in [1.54, 1.807) is 24.5 Å². The predicted octanol–water partition coefficient (Wildman–Crippen LogP) is 3.39. The number of nitrogens with one attached hydrogen (secondary N) is 1. The van der Waals surface area contributed by atoms with E-state index < -0.39 is 0 Å². The van der Waals surface area contributed by atoms with Gasteiger partial charge in [-0.25, -0.2) is 4.39 Å². The van der Waals surface area contributed by atoms with Crippen LogP contribution in [0.3, 0.4) is 0 Å². The van der Waals surface area contributed by atoms with E-state index in [4.69, 9.17) is 0 Å². The molecule has 19 heavy (non-hydrogen) atoms. The highest BCUT2D eigenvalue weighted by atomic mass is 79.9. The normalized spacial score (nSPS) is 12.4. The number of nitrogens with zero attached hydrogens (tertiary/aromatic N) is 2. The van der Waals surface area contributed by atoms with E-state index in [9.17, 15) is 4.39 Å². The van der Waals surface area contributed by atoms with Crippen molar-refractivity contribution in [2.75, 3.05) is 6.54 Å². The molecule has 100 valence electrons. The number of hydrogen-bond acceptors (Lipinski definition) is 3. The van der Waals surface area contributed by atoms with Crippen LogP contribution in [0.4, 0.5) is 4.39 Å². The maximum atomic E-state index is 14.0. The fourth-order valence-electron chi connectivity index (χ4n) is 1.87. The third-order valence-corrected chi connectivity index (χ3v) is 3.27. The van der Waals surface area contributed by atoms with Crippen LogP contribution in [0, 0.1) is 12.7 Å². The molecule has 1 unspecified atom stereocenters. The molecule has 0 aliphatic carbocycles. The fraction of sp³-hybridized carbons (Fsp3) is 0.286. The first kappa shape index (κ1) is 14.1. The lowest BCUT2D eigenvalue weighted by atomic mass is 10.0. The third kappa shape index (κ3) is 3.36. The molecule has 3 nitrogen and oxygen atoms in total. The monoisotopic (exact) mass is 323 g/mol. The Bertz CT molecular complexity index is 557. The van der Waals surface area contributed by atoms with E-state index in [-0.39, 0.29) is 11.9 Å². The van der Waals surface area contributed by atoms with Crippen molar-refractivity contribution in [1.29, 1.82) is 0 Å². The van der Waals surface area contributed by atoms with Crippen molar-refractivity contribution in [3.05, 3.63) is 57.8 Å². The second-order valence-corrected chi connectivity index (χ2v) is 5.15. The molecule has 2 aromatic rings. The number of hydrogen-bond donors (Lipinski definition) is 1. The number of rotatable bonds is 4. The van der Waals surface area contributed by atoms with Gasteiger partial charge in [0.1, 0.15) is 5.82 Å². The van der Waals surface area contributed by atoms with Crippen LogP contribution < -0.4 is 5.32 Å². The van der Waals surface area contributed by atoms with Crippen molar-refractivity contribution in [2.45, 2.75) is 19.9 Å². The first-order chi connectivity index (χ1) is 9.11. The van der Waals surface area contributed by atoms with Crippen molar-refractivity contribution < 1.29 is 4.39 Å². The SMILES string of the molecule is CCNC(c1cnc(C)cn1)c1cc(Br)ccc1F. The summed E-state index contributed by atoms with van der Waals surface area (Å²) in [6, 6.07) is 4.61. The molecule has 1 N–H and O–H groups in total. The van der Waals surface area contributed by atoms with Crippen LogP contribution in [0.5, 0.6) is 0 Å². The lowest BCUT2D eigenvalue weighted by Gasteiger charge is -2.18. The first-order valence-electron chi connectivity index (χ1n) is 6.08. The average molecular weight is 324 g/mol. The number of benzene rings is 1. The molecule has 5 heteroatoms. The van der Waals surface area contributed by atoms with Crippen molar-refractivity contribution in [3.63, 3.8) is 0 Å². The van der Waals surface area contributed by atoms with Gasteiger partial charge in [-0.05, 0) is 31.7 Å². The molecular formula is C14H15BrFN3. The Hall–Kier alpha value is -1.33. The smallest absolute Gasteiger partial charge is 0.128 e. The van der Waals surface area contributed by atoms with Gasteiger partial charge >= 0.3 is 0 Å². The van der Waals surface area contributed by atoms with Gasteiger partial charge in [-0.3, -0.25) is 9.97 Å². The maximum absolute atomic E-state index is 14.0. The van der Waals surface area contributed by atoms with E-state index in [1.807, 2.05) is 13.8 Å². The van der Waals surface area contributed by atoms with Gasteiger partial charge in [0.05, 0.1) is 23.6 Å². The Morgan fingerprint density at radius 2 is 2.11 bits per heavy atom. The van der Waals surface area contributed by atoms with Gasteiger partial charge in [-0.1, -0.05) is 22.9 Å². The summed E-state index contributed by atoms with van der Waals surface area (Å²) >= 11 is 3.37. The predicted molar refractivity (Wildman–Crippen MR) is 76.4 cm³/mol. The van der Waals surface area contributed by atoms with E-state index in [1.165, 1.54) is 6.07 Å². The zero-order valence-electron chi connectivity index (χ0n) is 10.8. The zero-order chi connectivity index (χ0) is 13.8. The molecule has 0 fully saturated rings. The summed E-state index contributed by atoms with van der Waals surface area (Å²) in [7, 11) is 0. The summed E-state index contributed by atoms with van der Waals surface area (Å²) in [6.07, 6.45) is 3.37. The Morgan fingerprint density at radius 1 is 1.32 bits per heavy atom. The summed E-state index contributed by atoms with van der Waals surface area (Å²) in [5.41, 5.74) is 2.12. The highest BCUT2D eigenvalue weighted by Crippen LogP contribution is 2.25. The van der Waals surface area contributed by atoms with Crippen LogP contribution in [-0.4, -0.2) is 16.5 Å². The largest absolute Gasteiger partial charge is 0.305 e. The van der Waals surface area contributed by atoms with Gasteiger partial charge < -0.3 is 5.32 Å². The molecule has 0 saturated carbocycles. The number of aryl methyl sites for hydroxylation is 1. The van der Waals surface area contributed by atoms with Crippen molar-refractivity contribution >= 4 is 15.9 Å². The lowest BCUT2D eigenvalue weighted by molar-refractivity contribution is 0.550. The van der Waals surface area contributed by atoms with Crippen LogP contribution in [0.1, 0.15) is 29.9 Å². The Balaban J connectivity index is 2.44. The lowest BCUT2D eigenvalue weighted by Crippen LogP contribution is -2.24. The van der Waals surface area contributed by atoms with Gasteiger partial charge in [-0.2, -0.15) is 0 Å². The third-order valence-electron chi connectivity index (χ3n) is 2.77. The number of halogens is 2. The molecule has 0 amide bonds. The van der Waals surface area contributed by atoms with Gasteiger partial charge in [-0.15, -0.1) is 0 Å². The highest BCUT2D eigenvalue weighted by Gasteiger charge is 2.18. The summed E-state index contributed by atoms with van der Waals surface area (Å²) in [5.74, 6) is -0.253. The molecule has 0 aliphatic rings. The fourth-order valence-corrected chi connectivity index (χ4v) is 2.24. The molecule has 0 aliphatic heterocycles. The highest BCUT2D eigenvalue weighted by molar-refractivity contribution is 9.10. The second kappa shape index (κ2) is 6.21. The van der Waals surface area contributed by atoms with Crippen molar-refractivity contribution in [3.8, 4) is 0 Å². The van der Waals surface area contributed by atoms with Crippen molar-refractivity contribution in [2.24, 2.45) is 0 Å². The molecule has 1 aromatic heterocycles. The Kier molecular flexibility index (Phi) is 4.61. The molecule has 0 bridgehead atoms. The van der Waals surface area contributed by atoms with Gasteiger partial charge in [0.15, 0.2) is 0 Å². The van der Waals surface area contributed by atoms with Crippen molar-refractivity contribution in [1.82, 2.24) is 15.3 Å². The molecule has 1 aromatic carbocycles. The molecule has 2 rings (SSSR count). The number of aromatic nitrogens is 2. The summed E-state index contributed by atoms with van der Waals surface area (Å²) in [5, 5.41) is 3.24. The van der Waals surface area contributed by atoms with Gasteiger partial charge in [0.2, 0.25) is 0 Å². The maximum Gasteiger partial charge on any atom is 0.128 e. The Morgan fingerprint density at radius 3 is 2.74 bits per heavy atom. The second-order valence-electron chi connectivity index (χ2n) is 4.24. The standard InChI is InChI=1S/C14H15BrFN3/c1-3-17-14(13-8-18-9(2)7-19-13)11-6-10(15)4-5-12(11)16/h4-8,14,17H,3H2,1-2H3. The zero-order valence-corrected chi connectivity index (χ0v) is 12.4. The summed E-state index contributed by atoms with van der Waals surface area (Å²) in [6.45, 7) is 4.56. The van der Waals surface area contributed by atoms with Gasteiger partial charge in [0, 0.05) is 16.2 Å². The average Bonchev–Trinajstić information content (AvgIpc) is 2.40. The van der Waals surface area contributed by atoms with E-state index >= 15 is 0 Å².